The second-order valence-corrected chi connectivity index (χ2v) is 4.86. The molecular formula is C14H13ClFN3O3. The summed E-state index contributed by atoms with van der Waals surface area (Å²) in [6, 6.07) is 2.93. The van der Waals surface area contributed by atoms with Crippen LogP contribution in [-0.2, 0) is 4.89 Å². The summed E-state index contributed by atoms with van der Waals surface area (Å²) in [6.07, 6.45) is 0. The largest absolute Gasteiger partial charge is 0.380 e. The lowest BCUT2D eigenvalue weighted by Crippen LogP contribution is -2.10. The molecule has 0 spiro atoms. The molecule has 0 amide bonds. The van der Waals surface area contributed by atoms with Crippen LogP contribution in [0.15, 0.2) is 12.1 Å². The van der Waals surface area contributed by atoms with Gasteiger partial charge in [0.1, 0.15) is 5.82 Å². The number of aromatic nitrogens is 2. The minimum Gasteiger partial charge on any atom is -0.380 e. The Morgan fingerprint density at radius 1 is 1.36 bits per heavy atom. The Labute approximate surface area is 131 Å². The van der Waals surface area contributed by atoms with Gasteiger partial charge in [0, 0.05) is 12.5 Å². The maximum absolute atomic E-state index is 13.9. The molecule has 2 N–H and O–H groups in total. The average Bonchev–Trinajstić information content (AvgIpc) is 2.47. The van der Waals surface area contributed by atoms with Gasteiger partial charge >= 0.3 is 0 Å². The van der Waals surface area contributed by atoms with E-state index in [0.29, 0.717) is 5.56 Å². The van der Waals surface area contributed by atoms with Gasteiger partial charge in [-0.2, -0.15) is 4.89 Å². The number of hydrogen-bond donors (Lipinski definition) is 1. The van der Waals surface area contributed by atoms with Crippen LogP contribution >= 0.6 is 11.6 Å². The third-order valence-corrected chi connectivity index (χ3v) is 3.26. The Morgan fingerprint density at radius 2 is 2.05 bits per heavy atom. The smallest absolute Gasteiger partial charge is 0.236 e. The molecule has 22 heavy (non-hydrogen) atoms. The Kier molecular flexibility index (Phi) is 4.58. The number of nitrogen functional groups attached to an aromatic ring is 1. The number of ketones is 1. The van der Waals surface area contributed by atoms with Gasteiger partial charge in [0.05, 0.1) is 12.1 Å². The molecular weight excluding hydrogens is 313 g/mol. The molecule has 0 fully saturated rings. The van der Waals surface area contributed by atoms with Gasteiger partial charge in [0.15, 0.2) is 23.1 Å². The molecule has 8 heteroatoms. The van der Waals surface area contributed by atoms with Gasteiger partial charge in [0.2, 0.25) is 5.75 Å². The Balaban J connectivity index is 2.68. The number of nitrogens with two attached hydrogens (primary N) is 1. The van der Waals surface area contributed by atoms with Gasteiger partial charge < -0.3 is 10.6 Å². The number of Topliss-reactive ketones (excluding diaryl/α,β-unsaturated/α-hetero) is 1. The van der Waals surface area contributed by atoms with E-state index in [1.807, 2.05) is 0 Å². The van der Waals surface area contributed by atoms with Crippen LogP contribution < -0.4 is 10.6 Å². The summed E-state index contributed by atoms with van der Waals surface area (Å²) in [5, 5.41) is -0.0136. The van der Waals surface area contributed by atoms with Gasteiger partial charge in [0.25, 0.3) is 0 Å². The molecule has 2 rings (SSSR count). The summed E-state index contributed by atoms with van der Waals surface area (Å²) in [7, 11) is 1.26. The van der Waals surface area contributed by atoms with Crippen LogP contribution in [-0.4, -0.2) is 22.9 Å². The topological polar surface area (TPSA) is 87.3 Å². The number of hydrogen-bond acceptors (Lipinski definition) is 6. The van der Waals surface area contributed by atoms with E-state index in [1.165, 1.54) is 27.0 Å². The van der Waals surface area contributed by atoms with Gasteiger partial charge in [-0.1, -0.05) is 11.6 Å². The highest BCUT2D eigenvalue weighted by atomic mass is 35.5. The predicted octanol–water partition coefficient (Wildman–Crippen LogP) is 2.97. The summed E-state index contributed by atoms with van der Waals surface area (Å²) in [4.78, 5) is 29.2. The van der Waals surface area contributed by atoms with Crippen molar-refractivity contribution in [2.75, 3.05) is 12.8 Å². The third-order valence-electron chi connectivity index (χ3n) is 2.97. The van der Waals surface area contributed by atoms with Crippen molar-refractivity contribution in [2.24, 2.45) is 0 Å². The van der Waals surface area contributed by atoms with Crippen molar-refractivity contribution in [2.45, 2.75) is 13.8 Å². The molecule has 2 aromatic rings. The number of nitrogens with zero attached hydrogens (tertiary/aromatic N) is 2. The number of benzene rings is 1. The fourth-order valence-corrected chi connectivity index (χ4v) is 2.09. The predicted molar refractivity (Wildman–Crippen MR) is 79.2 cm³/mol. The normalized spacial score (nSPS) is 10.6. The van der Waals surface area contributed by atoms with Crippen molar-refractivity contribution in [3.05, 3.63) is 34.2 Å². The standard InChI is InChI=1S/C14H13ClFN3O3/c1-6-8(4-5-9(15)10(6)16)14-18-11(7(2)20)12(22-21-3)13(17)19-14/h4-5H,1-3H3,(H2,17,18,19). The lowest BCUT2D eigenvalue weighted by Gasteiger charge is -2.12. The number of rotatable bonds is 4. The Morgan fingerprint density at radius 3 is 2.64 bits per heavy atom. The van der Waals surface area contributed by atoms with Crippen molar-refractivity contribution >= 4 is 23.2 Å². The molecule has 0 unspecified atom stereocenters. The van der Waals surface area contributed by atoms with Gasteiger partial charge in [-0.05, 0) is 24.6 Å². The Bertz CT molecular complexity index is 753. The molecule has 0 aliphatic carbocycles. The molecule has 116 valence electrons. The van der Waals surface area contributed by atoms with Crippen molar-refractivity contribution in [3.8, 4) is 17.1 Å². The molecule has 6 nitrogen and oxygen atoms in total. The zero-order valence-corrected chi connectivity index (χ0v) is 12.9. The maximum atomic E-state index is 13.9. The highest BCUT2D eigenvalue weighted by Crippen LogP contribution is 2.31. The molecule has 0 saturated carbocycles. The van der Waals surface area contributed by atoms with E-state index >= 15 is 0 Å². The summed E-state index contributed by atoms with van der Waals surface area (Å²) in [5.41, 5.74) is 6.34. The number of carbonyl (C=O) groups is 1. The second-order valence-electron chi connectivity index (χ2n) is 4.45. The molecule has 1 aromatic heterocycles. The van der Waals surface area contributed by atoms with Crippen LogP contribution in [0.2, 0.25) is 5.02 Å². The molecule has 0 atom stereocenters. The van der Waals surface area contributed by atoms with E-state index in [4.69, 9.17) is 22.2 Å². The summed E-state index contributed by atoms with van der Waals surface area (Å²) in [5.74, 6) is -1.05. The minimum atomic E-state index is -0.581. The molecule has 0 bridgehead atoms. The molecule has 0 aliphatic heterocycles. The zero-order chi connectivity index (χ0) is 16.4. The molecule has 1 aromatic carbocycles. The first-order valence-electron chi connectivity index (χ1n) is 6.20. The van der Waals surface area contributed by atoms with Gasteiger partial charge in [-0.15, -0.1) is 0 Å². The first-order chi connectivity index (χ1) is 10.4. The highest BCUT2D eigenvalue weighted by Gasteiger charge is 2.21. The number of anilines is 1. The van der Waals surface area contributed by atoms with Crippen LogP contribution in [0.4, 0.5) is 10.2 Å². The molecule has 0 aliphatic rings. The van der Waals surface area contributed by atoms with Crippen molar-refractivity contribution in [1.29, 1.82) is 0 Å². The van der Waals surface area contributed by atoms with Gasteiger partial charge in [-0.3, -0.25) is 4.79 Å². The zero-order valence-electron chi connectivity index (χ0n) is 12.1. The quantitative estimate of drug-likeness (QED) is 0.528. The van der Waals surface area contributed by atoms with Crippen molar-refractivity contribution in [1.82, 2.24) is 9.97 Å². The summed E-state index contributed by atoms with van der Waals surface area (Å²) < 4.78 is 13.9. The monoisotopic (exact) mass is 325 g/mol. The number of carbonyl (C=O) groups excluding carboxylic acids is 1. The summed E-state index contributed by atoms with van der Waals surface area (Å²) in [6.45, 7) is 2.83. The lowest BCUT2D eigenvalue weighted by molar-refractivity contribution is -0.178. The van der Waals surface area contributed by atoms with E-state index in [1.54, 1.807) is 6.07 Å². The second kappa shape index (κ2) is 6.25. The molecule has 0 radical (unpaired) electrons. The van der Waals surface area contributed by atoms with Crippen molar-refractivity contribution < 1.29 is 19.0 Å². The van der Waals surface area contributed by atoms with Crippen LogP contribution in [0.5, 0.6) is 5.75 Å². The van der Waals surface area contributed by atoms with Crippen molar-refractivity contribution in [3.63, 3.8) is 0 Å². The van der Waals surface area contributed by atoms with E-state index < -0.39 is 11.6 Å². The SMILES string of the molecule is COOc1c(N)nc(-c2ccc(Cl)c(F)c2C)nc1C(C)=O. The van der Waals surface area contributed by atoms with E-state index in [2.05, 4.69) is 14.9 Å². The molecule has 1 heterocycles. The first-order valence-corrected chi connectivity index (χ1v) is 6.58. The Hall–Kier alpha value is -2.25. The van der Waals surface area contributed by atoms with E-state index in [9.17, 15) is 9.18 Å². The average molecular weight is 326 g/mol. The maximum Gasteiger partial charge on any atom is 0.236 e. The fourth-order valence-electron chi connectivity index (χ4n) is 1.89. The van der Waals surface area contributed by atoms with Gasteiger partial charge in [-0.25, -0.2) is 14.4 Å². The lowest BCUT2D eigenvalue weighted by atomic mass is 10.1. The highest BCUT2D eigenvalue weighted by molar-refractivity contribution is 6.30. The molecule has 0 saturated heterocycles. The first kappa shape index (κ1) is 16.1. The number of halogens is 2. The van der Waals surface area contributed by atoms with Crippen LogP contribution in [0.1, 0.15) is 23.0 Å². The third kappa shape index (κ3) is 2.86. The summed E-state index contributed by atoms with van der Waals surface area (Å²) >= 11 is 5.72. The fraction of sp³-hybridized carbons (Fsp3) is 0.214. The minimum absolute atomic E-state index is 0.0136. The van der Waals surface area contributed by atoms with E-state index in [-0.39, 0.29) is 33.7 Å². The van der Waals surface area contributed by atoms with Crippen LogP contribution in [0.3, 0.4) is 0 Å². The van der Waals surface area contributed by atoms with Crippen LogP contribution in [0, 0.1) is 12.7 Å². The van der Waals surface area contributed by atoms with E-state index in [0.717, 1.165) is 0 Å². The van der Waals surface area contributed by atoms with Crippen LogP contribution in [0.25, 0.3) is 11.4 Å².